The van der Waals surface area contributed by atoms with Crippen molar-refractivity contribution in [3.05, 3.63) is 34.2 Å². The van der Waals surface area contributed by atoms with Crippen LogP contribution in [-0.4, -0.2) is 21.6 Å². The Balaban J connectivity index is 0.00000320. The number of rotatable bonds is 4. The number of aromatic nitrogens is 2. The van der Waals surface area contributed by atoms with E-state index in [1.165, 1.54) is 10.6 Å². The fourth-order valence-corrected chi connectivity index (χ4v) is 4.64. The molecule has 1 heterocycles. The van der Waals surface area contributed by atoms with Gasteiger partial charge in [0, 0.05) is 19.0 Å². The predicted octanol–water partition coefficient (Wildman–Crippen LogP) is 4.24. The standard InChI is InChI=1S/C21H28F3N3O2.H2S/c1-12(2)15-6-4-13(3)10-16(15)19(28)27-18-11-14(21(22,23)24)5-7-17(18)26(9-8-25)20(27)29;/h5,7,11-13,15-16H,4,6,8-10,25H2,1-3H3;1H2/t13-,15+,16-;/m1./s1. The zero-order valence-corrected chi connectivity index (χ0v) is 18.5. The van der Waals surface area contributed by atoms with E-state index in [1.54, 1.807) is 0 Å². The van der Waals surface area contributed by atoms with Gasteiger partial charge in [-0.15, -0.1) is 0 Å². The summed E-state index contributed by atoms with van der Waals surface area (Å²) in [5.74, 6) is -0.111. The van der Waals surface area contributed by atoms with Crippen molar-refractivity contribution < 1.29 is 18.0 Å². The highest BCUT2D eigenvalue weighted by Crippen LogP contribution is 2.39. The van der Waals surface area contributed by atoms with Gasteiger partial charge in [0.25, 0.3) is 0 Å². The molecule has 3 atom stereocenters. The first-order valence-electron chi connectivity index (χ1n) is 10.1. The summed E-state index contributed by atoms with van der Waals surface area (Å²) in [6, 6.07) is 3.09. The van der Waals surface area contributed by atoms with Gasteiger partial charge in [-0.25, -0.2) is 9.36 Å². The maximum Gasteiger partial charge on any atom is 0.416 e. The third-order valence-electron chi connectivity index (χ3n) is 6.17. The molecule has 1 aliphatic carbocycles. The smallest absolute Gasteiger partial charge is 0.329 e. The third-order valence-corrected chi connectivity index (χ3v) is 6.17. The highest BCUT2D eigenvalue weighted by Gasteiger charge is 2.38. The lowest BCUT2D eigenvalue weighted by atomic mass is 9.69. The lowest BCUT2D eigenvalue weighted by Crippen LogP contribution is -2.40. The molecular weight excluding hydrogens is 415 g/mol. The molecule has 2 N–H and O–H groups in total. The van der Waals surface area contributed by atoms with E-state index in [9.17, 15) is 22.8 Å². The number of hydrogen-bond acceptors (Lipinski definition) is 3. The van der Waals surface area contributed by atoms with Crippen LogP contribution < -0.4 is 11.4 Å². The summed E-state index contributed by atoms with van der Waals surface area (Å²) in [5, 5.41) is 0. The minimum atomic E-state index is -4.56. The number of fused-ring (bicyclic) bond motifs is 1. The molecule has 1 aromatic heterocycles. The minimum Gasteiger partial charge on any atom is -0.329 e. The summed E-state index contributed by atoms with van der Waals surface area (Å²) in [5.41, 5.74) is 4.40. The Bertz CT molecular complexity index is 965. The number of carbonyl (C=O) groups excluding carboxylic acids is 1. The van der Waals surface area contributed by atoms with Gasteiger partial charge < -0.3 is 5.73 Å². The summed E-state index contributed by atoms with van der Waals surface area (Å²) in [6.45, 7) is 6.43. The van der Waals surface area contributed by atoms with Crippen LogP contribution in [0.25, 0.3) is 11.0 Å². The highest BCUT2D eigenvalue weighted by molar-refractivity contribution is 7.59. The van der Waals surface area contributed by atoms with E-state index >= 15 is 0 Å². The molecule has 2 aromatic rings. The lowest BCUT2D eigenvalue weighted by molar-refractivity contribution is -0.137. The average Bonchev–Trinajstić information content (AvgIpc) is 2.91. The number of halogens is 3. The third kappa shape index (κ3) is 4.46. The van der Waals surface area contributed by atoms with Crippen LogP contribution in [0.4, 0.5) is 13.2 Å². The van der Waals surface area contributed by atoms with Crippen molar-refractivity contribution in [2.75, 3.05) is 6.54 Å². The molecule has 30 heavy (non-hydrogen) atoms. The molecule has 1 aromatic carbocycles. The van der Waals surface area contributed by atoms with E-state index < -0.39 is 23.3 Å². The molecule has 0 radical (unpaired) electrons. The zero-order chi connectivity index (χ0) is 21.5. The van der Waals surface area contributed by atoms with E-state index in [0.717, 1.165) is 29.5 Å². The Morgan fingerprint density at radius 2 is 1.90 bits per heavy atom. The van der Waals surface area contributed by atoms with Gasteiger partial charge in [-0.3, -0.25) is 9.36 Å². The predicted molar refractivity (Wildman–Crippen MR) is 116 cm³/mol. The molecular formula is C21H30F3N3O2S. The van der Waals surface area contributed by atoms with Gasteiger partial charge in [0.15, 0.2) is 0 Å². The van der Waals surface area contributed by atoms with Crippen molar-refractivity contribution in [2.24, 2.45) is 29.4 Å². The topological polar surface area (TPSA) is 70.0 Å². The summed E-state index contributed by atoms with van der Waals surface area (Å²) in [6.07, 6.45) is -2.04. The summed E-state index contributed by atoms with van der Waals surface area (Å²) >= 11 is 0. The molecule has 1 fully saturated rings. The second-order valence-electron chi connectivity index (χ2n) is 8.53. The van der Waals surface area contributed by atoms with E-state index in [1.807, 2.05) is 13.8 Å². The quantitative estimate of drug-likeness (QED) is 0.765. The number of alkyl halides is 3. The Hall–Kier alpha value is -1.74. The second-order valence-corrected chi connectivity index (χ2v) is 8.53. The van der Waals surface area contributed by atoms with Gasteiger partial charge in [0.05, 0.1) is 16.6 Å². The van der Waals surface area contributed by atoms with Gasteiger partial charge >= 0.3 is 11.9 Å². The van der Waals surface area contributed by atoms with Crippen LogP contribution in [0.1, 0.15) is 50.4 Å². The van der Waals surface area contributed by atoms with Crippen LogP contribution in [0.15, 0.2) is 23.0 Å². The van der Waals surface area contributed by atoms with Crippen molar-refractivity contribution in [1.29, 1.82) is 0 Å². The fourth-order valence-electron chi connectivity index (χ4n) is 4.64. The Morgan fingerprint density at radius 3 is 2.47 bits per heavy atom. The van der Waals surface area contributed by atoms with Crippen LogP contribution >= 0.6 is 13.5 Å². The van der Waals surface area contributed by atoms with Gasteiger partial charge in [-0.2, -0.15) is 26.7 Å². The van der Waals surface area contributed by atoms with Gasteiger partial charge in [-0.1, -0.05) is 27.2 Å². The van der Waals surface area contributed by atoms with Crippen LogP contribution in [0.2, 0.25) is 0 Å². The number of hydrogen-bond donors (Lipinski definition) is 1. The summed E-state index contributed by atoms with van der Waals surface area (Å²) in [4.78, 5) is 26.6. The number of nitrogens with zero attached hydrogens (tertiary/aromatic N) is 2. The lowest BCUT2D eigenvalue weighted by Gasteiger charge is -2.36. The van der Waals surface area contributed by atoms with Crippen molar-refractivity contribution in [3.63, 3.8) is 0 Å². The maximum atomic E-state index is 13.5. The molecule has 0 spiro atoms. The average molecular weight is 446 g/mol. The maximum absolute atomic E-state index is 13.5. The summed E-state index contributed by atoms with van der Waals surface area (Å²) < 4.78 is 42.1. The highest BCUT2D eigenvalue weighted by atomic mass is 32.1. The van der Waals surface area contributed by atoms with Gasteiger partial charge in [0.1, 0.15) is 0 Å². The van der Waals surface area contributed by atoms with Crippen LogP contribution in [-0.2, 0) is 12.7 Å². The molecule has 3 rings (SSSR count). The molecule has 1 aliphatic rings. The fraction of sp³-hybridized carbons (Fsp3) is 0.619. The van der Waals surface area contributed by atoms with E-state index in [0.29, 0.717) is 17.9 Å². The zero-order valence-electron chi connectivity index (χ0n) is 17.5. The Morgan fingerprint density at radius 1 is 1.23 bits per heavy atom. The largest absolute Gasteiger partial charge is 0.416 e. The number of carbonyl (C=O) groups is 1. The number of benzene rings is 1. The molecule has 0 unspecified atom stereocenters. The molecule has 0 saturated heterocycles. The van der Waals surface area contributed by atoms with E-state index in [4.69, 9.17) is 5.73 Å². The second kappa shape index (κ2) is 9.18. The molecule has 0 bridgehead atoms. The van der Waals surface area contributed by atoms with Crippen molar-refractivity contribution in [1.82, 2.24) is 9.13 Å². The first kappa shape index (κ1) is 24.5. The van der Waals surface area contributed by atoms with Gasteiger partial charge in [0.2, 0.25) is 5.91 Å². The number of imidazole rings is 1. The molecule has 168 valence electrons. The van der Waals surface area contributed by atoms with Crippen LogP contribution in [0, 0.1) is 23.7 Å². The summed E-state index contributed by atoms with van der Waals surface area (Å²) in [7, 11) is 0. The van der Waals surface area contributed by atoms with E-state index in [-0.39, 0.29) is 49.9 Å². The minimum absolute atomic E-state index is 0. The van der Waals surface area contributed by atoms with Crippen molar-refractivity contribution in [2.45, 2.75) is 52.8 Å². The molecule has 0 amide bonds. The first-order valence-corrected chi connectivity index (χ1v) is 10.1. The normalized spacial score (nSPS) is 22.3. The van der Waals surface area contributed by atoms with Crippen LogP contribution in [0.5, 0.6) is 0 Å². The Kier molecular flexibility index (Phi) is 7.50. The van der Waals surface area contributed by atoms with Crippen LogP contribution in [0.3, 0.4) is 0 Å². The molecule has 0 aliphatic heterocycles. The first-order chi connectivity index (χ1) is 13.6. The SMILES string of the molecule is CC(C)[C@@H]1CC[C@@H](C)C[C@H]1C(=O)n1c(=O)n(CCN)c2ccc(C(F)(F)F)cc21.S. The van der Waals surface area contributed by atoms with Crippen molar-refractivity contribution in [3.8, 4) is 0 Å². The monoisotopic (exact) mass is 445 g/mol. The van der Waals surface area contributed by atoms with Crippen molar-refractivity contribution >= 4 is 30.4 Å². The molecule has 1 saturated carbocycles. The molecule has 9 heteroatoms. The number of nitrogens with two attached hydrogens (primary N) is 1. The Labute approximate surface area is 180 Å². The van der Waals surface area contributed by atoms with Gasteiger partial charge in [-0.05, 0) is 48.8 Å². The van der Waals surface area contributed by atoms with E-state index in [2.05, 4.69) is 6.92 Å². The molecule has 5 nitrogen and oxygen atoms in total.